The van der Waals surface area contributed by atoms with Crippen molar-refractivity contribution in [2.45, 2.75) is 45.9 Å². The second-order valence-corrected chi connectivity index (χ2v) is 9.08. The second-order valence-electron chi connectivity index (χ2n) is 9.08. The predicted octanol–water partition coefficient (Wildman–Crippen LogP) is 4.91. The van der Waals surface area contributed by atoms with Crippen LogP contribution in [0.15, 0.2) is 72.8 Å². The van der Waals surface area contributed by atoms with E-state index in [1.54, 1.807) is 25.8 Å². The van der Waals surface area contributed by atoms with Gasteiger partial charge in [-0.15, -0.1) is 0 Å². The van der Waals surface area contributed by atoms with E-state index in [4.69, 9.17) is 4.74 Å². The monoisotopic (exact) mass is 456 g/mol. The normalized spacial score (nSPS) is 15.9. The Bertz CT molecular complexity index is 1160. The Labute approximate surface area is 202 Å². The lowest BCUT2D eigenvalue weighted by molar-refractivity contribution is -0.137. The number of rotatable bonds is 6. The Morgan fingerprint density at radius 3 is 2.44 bits per heavy atom. The molecule has 5 nitrogen and oxygen atoms in total. The molecule has 4 rings (SSSR count). The molecule has 3 aromatic carbocycles. The summed E-state index contributed by atoms with van der Waals surface area (Å²) in [6.45, 7) is 6.67. The van der Waals surface area contributed by atoms with E-state index in [0.717, 1.165) is 23.1 Å². The van der Waals surface area contributed by atoms with Crippen molar-refractivity contribution in [2.24, 2.45) is 0 Å². The van der Waals surface area contributed by atoms with Crippen LogP contribution in [0.2, 0.25) is 0 Å². The molecule has 0 saturated heterocycles. The quantitative estimate of drug-likeness (QED) is 0.529. The van der Waals surface area contributed by atoms with Gasteiger partial charge in [0.1, 0.15) is 5.75 Å². The predicted molar refractivity (Wildman–Crippen MR) is 134 cm³/mol. The van der Waals surface area contributed by atoms with Crippen molar-refractivity contribution in [1.82, 2.24) is 9.80 Å². The summed E-state index contributed by atoms with van der Waals surface area (Å²) in [7, 11) is 1.79. The van der Waals surface area contributed by atoms with Gasteiger partial charge in [-0.3, -0.25) is 9.59 Å². The molecular formula is C29H32N2O3. The molecule has 1 heterocycles. The molecule has 1 aliphatic rings. The Morgan fingerprint density at radius 1 is 1.06 bits per heavy atom. The lowest BCUT2D eigenvalue weighted by Gasteiger charge is -2.37. The second kappa shape index (κ2) is 10.1. The third-order valence-electron chi connectivity index (χ3n) is 6.44. The van der Waals surface area contributed by atoms with E-state index < -0.39 is 6.10 Å². The third kappa shape index (κ3) is 5.14. The Kier molecular flexibility index (Phi) is 7.01. The van der Waals surface area contributed by atoms with Crippen LogP contribution in [-0.4, -0.2) is 41.3 Å². The molecule has 0 aromatic heterocycles. The molecule has 1 aliphatic heterocycles. The third-order valence-corrected chi connectivity index (χ3v) is 6.44. The molecule has 0 fully saturated rings. The van der Waals surface area contributed by atoms with Gasteiger partial charge in [-0.2, -0.15) is 0 Å². The zero-order valence-electron chi connectivity index (χ0n) is 20.3. The van der Waals surface area contributed by atoms with Gasteiger partial charge in [0.15, 0.2) is 6.10 Å². The number of nitrogens with zero attached hydrogens (tertiary/aromatic N) is 2. The molecule has 0 aliphatic carbocycles. The van der Waals surface area contributed by atoms with Gasteiger partial charge in [0.25, 0.3) is 5.91 Å². The molecule has 34 heavy (non-hydrogen) atoms. The zero-order valence-corrected chi connectivity index (χ0v) is 20.3. The summed E-state index contributed by atoms with van der Waals surface area (Å²) in [5, 5.41) is 0. The summed E-state index contributed by atoms with van der Waals surface area (Å²) in [5.41, 5.74) is 5.59. The van der Waals surface area contributed by atoms with Gasteiger partial charge < -0.3 is 14.5 Å². The number of hydrogen-bond donors (Lipinski definition) is 0. The fourth-order valence-corrected chi connectivity index (χ4v) is 4.61. The molecule has 0 spiro atoms. The molecule has 176 valence electrons. The number of amides is 2. The molecule has 0 N–H and O–H groups in total. The summed E-state index contributed by atoms with van der Waals surface area (Å²) < 4.78 is 6.11. The highest BCUT2D eigenvalue weighted by Gasteiger charge is 2.31. The Balaban J connectivity index is 1.56. The molecule has 2 amide bonds. The fraction of sp³-hybridized carbons (Fsp3) is 0.310. The van der Waals surface area contributed by atoms with E-state index in [2.05, 4.69) is 37.3 Å². The lowest BCUT2D eigenvalue weighted by atomic mass is 9.87. The highest BCUT2D eigenvalue weighted by molar-refractivity contribution is 5.80. The van der Waals surface area contributed by atoms with E-state index in [0.29, 0.717) is 18.8 Å². The molecule has 3 aromatic rings. The molecule has 0 bridgehead atoms. The minimum Gasteiger partial charge on any atom is -0.481 e. The summed E-state index contributed by atoms with van der Waals surface area (Å²) in [4.78, 5) is 29.0. The average molecular weight is 457 g/mol. The van der Waals surface area contributed by atoms with E-state index in [1.165, 1.54) is 11.1 Å². The minimum absolute atomic E-state index is 0.0497. The molecule has 0 radical (unpaired) electrons. The number of aryl methyl sites for hydroxylation is 1. The molecule has 2 atom stereocenters. The van der Waals surface area contributed by atoms with Crippen LogP contribution in [0.5, 0.6) is 5.75 Å². The topological polar surface area (TPSA) is 49.9 Å². The van der Waals surface area contributed by atoms with Gasteiger partial charge in [-0.05, 0) is 54.7 Å². The zero-order chi connectivity index (χ0) is 24.2. The van der Waals surface area contributed by atoms with Gasteiger partial charge in [0.2, 0.25) is 5.91 Å². The largest absolute Gasteiger partial charge is 0.481 e. The maximum absolute atomic E-state index is 12.9. The van der Waals surface area contributed by atoms with E-state index in [-0.39, 0.29) is 17.9 Å². The summed E-state index contributed by atoms with van der Waals surface area (Å²) in [6, 6.07) is 24.0. The molecule has 2 unspecified atom stereocenters. The summed E-state index contributed by atoms with van der Waals surface area (Å²) in [6.07, 6.45) is 0.170. The van der Waals surface area contributed by atoms with Gasteiger partial charge in [0.05, 0.1) is 6.04 Å². The Hall–Kier alpha value is -3.60. The Morgan fingerprint density at radius 2 is 1.76 bits per heavy atom. The molecule has 0 saturated carbocycles. The number of ether oxygens (including phenoxy) is 1. The maximum Gasteiger partial charge on any atom is 0.263 e. The van der Waals surface area contributed by atoms with Crippen molar-refractivity contribution in [2.75, 3.05) is 13.6 Å². The number of likely N-dealkylation sites (N-methyl/N-ethyl adjacent to an activating group) is 1. The van der Waals surface area contributed by atoms with Crippen LogP contribution in [0.1, 0.15) is 47.7 Å². The first-order chi connectivity index (χ1) is 16.3. The summed E-state index contributed by atoms with van der Waals surface area (Å²) in [5.74, 6) is 0.603. The van der Waals surface area contributed by atoms with Gasteiger partial charge in [-0.1, -0.05) is 66.2 Å². The van der Waals surface area contributed by atoms with Crippen molar-refractivity contribution in [1.29, 1.82) is 0 Å². The highest BCUT2D eigenvalue weighted by Crippen LogP contribution is 2.37. The number of carbonyl (C=O) groups is 2. The van der Waals surface area contributed by atoms with Gasteiger partial charge >= 0.3 is 0 Å². The standard InChI is InChI=1S/C29H32N2O3/c1-20-10-12-25(13-11-20)28-27-18-26(15-14-24(27)16-17-31(28)22(3)32)34-21(2)29(33)30(4)19-23-8-6-5-7-9-23/h5-15,18,21,28H,16-17,19H2,1-4H3. The van der Waals surface area contributed by atoms with Crippen LogP contribution in [-0.2, 0) is 22.6 Å². The smallest absolute Gasteiger partial charge is 0.263 e. The van der Waals surface area contributed by atoms with Crippen molar-refractivity contribution in [3.63, 3.8) is 0 Å². The van der Waals surface area contributed by atoms with E-state index in [1.807, 2.05) is 47.4 Å². The maximum atomic E-state index is 12.9. The van der Waals surface area contributed by atoms with Crippen molar-refractivity contribution in [3.05, 3.63) is 101 Å². The van der Waals surface area contributed by atoms with Crippen LogP contribution in [0.3, 0.4) is 0 Å². The molecular weight excluding hydrogens is 424 g/mol. The van der Waals surface area contributed by atoms with E-state index in [9.17, 15) is 9.59 Å². The lowest BCUT2D eigenvalue weighted by Crippen LogP contribution is -2.39. The fourth-order valence-electron chi connectivity index (χ4n) is 4.61. The summed E-state index contributed by atoms with van der Waals surface area (Å²) >= 11 is 0. The first-order valence-electron chi connectivity index (χ1n) is 11.8. The van der Waals surface area contributed by atoms with Crippen molar-refractivity contribution >= 4 is 11.8 Å². The van der Waals surface area contributed by atoms with Gasteiger partial charge in [0, 0.05) is 27.1 Å². The van der Waals surface area contributed by atoms with Crippen LogP contribution >= 0.6 is 0 Å². The SMILES string of the molecule is CC(=O)N1CCc2ccc(OC(C)C(=O)N(C)Cc3ccccc3)cc2C1c1ccc(C)cc1. The van der Waals surface area contributed by atoms with Gasteiger partial charge in [-0.25, -0.2) is 0 Å². The highest BCUT2D eigenvalue weighted by atomic mass is 16.5. The number of benzene rings is 3. The van der Waals surface area contributed by atoms with Crippen LogP contribution in [0.25, 0.3) is 0 Å². The first kappa shape index (κ1) is 23.6. The van der Waals surface area contributed by atoms with E-state index >= 15 is 0 Å². The number of carbonyl (C=O) groups excluding carboxylic acids is 2. The first-order valence-corrected chi connectivity index (χ1v) is 11.8. The van der Waals surface area contributed by atoms with Crippen molar-refractivity contribution < 1.29 is 14.3 Å². The number of hydrogen-bond acceptors (Lipinski definition) is 3. The van der Waals surface area contributed by atoms with Crippen molar-refractivity contribution in [3.8, 4) is 5.75 Å². The van der Waals surface area contributed by atoms with Crippen LogP contribution in [0.4, 0.5) is 0 Å². The average Bonchev–Trinajstić information content (AvgIpc) is 2.84. The van der Waals surface area contributed by atoms with Crippen LogP contribution < -0.4 is 4.74 Å². The number of fused-ring (bicyclic) bond motifs is 1. The van der Waals surface area contributed by atoms with Crippen LogP contribution in [0, 0.1) is 6.92 Å². The minimum atomic E-state index is -0.628. The molecule has 5 heteroatoms.